The molecule has 1 aromatic carbocycles. The Hall–Kier alpha value is -0.206. The van der Waals surface area contributed by atoms with Crippen molar-refractivity contribution in [2.24, 2.45) is 17.1 Å². The summed E-state index contributed by atoms with van der Waals surface area (Å²) in [5, 5.41) is 9.28. The molecule has 4 aliphatic rings. The topological polar surface area (TPSA) is 83.8 Å². The molecule has 3 unspecified atom stereocenters. The maximum absolute atomic E-state index is 8.00. The number of ether oxygens (including phenoxy) is 1. The molecule has 2 N–H and O–H groups in total. The summed E-state index contributed by atoms with van der Waals surface area (Å²) in [6, 6.07) is 11.1. The van der Waals surface area contributed by atoms with E-state index in [1.54, 1.807) is 0 Å². The van der Waals surface area contributed by atoms with Crippen LogP contribution in [-0.2, 0) is 42.2 Å². The van der Waals surface area contributed by atoms with Crippen LogP contribution in [0.1, 0.15) is 56.6 Å². The number of hydrogen-bond donors (Lipinski definition) is 1. The molecule has 1 radical (unpaired) electrons. The quantitative estimate of drug-likeness (QED) is 0.630. The summed E-state index contributed by atoms with van der Waals surface area (Å²) in [4.78, 5) is 10.6. The molecule has 4 fully saturated rings. The van der Waals surface area contributed by atoms with Crippen molar-refractivity contribution < 1.29 is 42.2 Å². The van der Waals surface area contributed by atoms with Crippen LogP contribution in [0.25, 0.3) is 10.6 Å². The molecule has 5 rings (SSSR count). The van der Waals surface area contributed by atoms with Gasteiger partial charge in [0.25, 0.3) is 0 Å². The first-order chi connectivity index (χ1) is 15.8. The molecular weight excluding hydrogens is 489 g/mol. The monoisotopic (exact) mass is 531 g/mol. The smallest absolute Gasteiger partial charge is 0.106 e. The molecule has 3 atom stereocenters. The molecule has 3 aliphatic heterocycles. The van der Waals surface area contributed by atoms with Crippen molar-refractivity contribution in [1.82, 2.24) is 4.90 Å². The molecule has 0 amide bonds. The predicted octanol–water partition coefficient (Wildman–Crippen LogP) is 4.31. The van der Waals surface area contributed by atoms with E-state index in [1.165, 1.54) is 44.2 Å². The number of carbonyl (C=O) groups excluding carboxylic acids is 1. The molecule has 33 heavy (non-hydrogen) atoms. The molecule has 7 heteroatoms. The molecule has 183 valence electrons. The second kappa shape index (κ2) is 15.7. The fraction of sp³-hybridized carbons (Fsp3) is 0.731. The minimum Gasteiger partial charge on any atom is -0.662 e. The van der Waals surface area contributed by atoms with Gasteiger partial charge in [-0.1, -0.05) is 68.0 Å². The van der Waals surface area contributed by atoms with Gasteiger partial charge >= 0.3 is 0 Å². The fourth-order valence-corrected chi connectivity index (χ4v) is 5.80. The van der Waals surface area contributed by atoms with Crippen molar-refractivity contribution in [3.8, 4) is 0 Å². The zero-order valence-electron chi connectivity index (χ0n) is 20.2. The Morgan fingerprint density at radius 2 is 1.76 bits per heavy atom. The van der Waals surface area contributed by atoms with Crippen LogP contribution >= 0.6 is 0 Å². The van der Waals surface area contributed by atoms with Gasteiger partial charge in [0.15, 0.2) is 0 Å². The molecule has 1 saturated carbocycles. The van der Waals surface area contributed by atoms with Gasteiger partial charge in [-0.05, 0) is 24.2 Å². The van der Waals surface area contributed by atoms with Gasteiger partial charge in [-0.25, -0.2) is 0 Å². The van der Waals surface area contributed by atoms with Gasteiger partial charge < -0.3 is 25.9 Å². The Bertz CT molecular complexity index is 638. The van der Waals surface area contributed by atoms with Gasteiger partial charge in [0.1, 0.15) is 6.79 Å². The normalized spacial score (nSPS) is 29.1. The molecule has 1 spiro atoms. The van der Waals surface area contributed by atoms with Gasteiger partial charge in [-0.3, -0.25) is 4.90 Å². The van der Waals surface area contributed by atoms with Crippen LogP contribution in [0.2, 0.25) is 0 Å². The summed E-state index contributed by atoms with van der Waals surface area (Å²) in [6.07, 6.45) is 9.13. The van der Waals surface area contributed by atoms with Crippen LogP contribution in [-0.4, -0.2) is 70.2 Å². The summed E-state index contributed by atoms with van der Waals surface area (Å²) in [6.45, 7) is 10.6. The van der Waals surface area contributed by atoms with E-state index in [9.17, 15) is 0 Å². The standard InChI is InChI=1S/C14H25N2O.C11H15N2.CH2O.Y/c1-2-5-14(4-1)12-15-6-3-13(14)11-16-7-9-17-10-8-16;12-10-6-7-13-11(8-10)9-4-2-1-3-5-9;1-2;/h13H,1-12H2;1-5,10-11H,6-8,12H2;1H2;/q2*-1;;. The van der Waals surface area contributed by atoms with Crippen LogP contribution in [0.4, 0.5) is 0 Å². The van der Waals surface area contributed by atoms with E-state index in [1.807, 2.05) is 12.9 Å². The van der Waals surface area contributed by atoms with E-state index in [0.717, 1.165) is 64.7 Å². The van der Waals surface area contributed by atoms with Crippen molar-refractivity contribution in [2.45, 2.75) is 57.0 Å². The number of nitrogens with zero attached hydrogens (tertiary/aromatic N) is 3. The number of nitrogens with two attached hydrogens (primary N) is 1. The average Bonchev–Trinajstić information content (AvgIpc) is 3.33. The van der Waals surface area contributed by atoms with Crippen molar-refractivity contribution in [2.75, 3.05) is 52.5 Å². The minimum absolute atomic E-state index is 0. The van der Waals surface area contributed by atoms with E-state index in [-0.39, 0.29) is 32.7 Å². The second-order valence-corrected chi connectivity index (χ2v) is 9.69. The summed E-state index contributed by atoms with van der Waals surface area (Å²) in [7, 11) is 0. The maximum atomic E-state index is 8.00. The summed E-state index contributed by atoms with van der Waals surface area (Å²) >= 11 is 0. The van der Waals surface area contributed by atoms with Gasteiger partial charge in [0.2, 0.25) is 0 Å². The summed E-state index contributed by atoms with van der Waals surface area (Å²) in [5.41, 5.74) is 7.80. The number of morpholine rings is 1. The van der Waals surface area contributed by atoms with E-state index in [0.29, 0.717) is 17.5 Å². The largest absolute Gasteiger partial charge is 0.662 e. The number of piperidine rings is 2. The van der Waals surface area contributed by atoms with Crippen molar-refractivity contribution in [3.05, 3.63) is 46.5 Å². The Morgan fingerprint density at radius 1 is 1.06 bits per heavy atom. The molecule has 3 saturated heterocycles. The Labute approximate surface area is 226 Å². The van der Waals surface area contributed by atoms with E-state index < -0.39 is 0 Å². The van der Waals surface area contributed by atoms with Crippen molar-refractivity contribution in [1.29, 1.82) is 0 Å². The number of benzene rings is 1. The van der Waals surface area contributed by atoms with Gasteiger partial charge in [0, 0.05) is 58.4 Å². The van der Waals surface area contributed by atoms with E-state index >= 15 is 0 Å². The van der Waals surface area contributed by atoms with Crippen LogP contribution < -0.4 is 5.73 Å². The minimum atomic E-state index is 0. The molecule has 6 nitrogen and oxygen atoms in total. The zero-order chi connectivity index (χ0) is 22.7. The zero-order valence-corrected chi connectivity index (χ0v) is 23.1. The second-order valence-electron chi connectivity index (χ2n) is 9.69. The molecule has 3 heterocycles. The number of carbonyl (C=O) groups is 1. The van der Waals surface area contributed by atoms with Gasteiger partial charge in [-0.15, -0.1) is 25.7 Å². The third-order valence-corrected chi connectivity index (χ3v) is 7.67. The fourth-order valence-electron chi connectivity index (χ4n) is 5.80. The molecule has 0 aromatic heterocycles. The number of hydrogen-bond acceptors (Lipinski definition) is 4. The van der Waals surface area contributed by atoms with Crippen LogP contribution in [0.5, 0.6) is 0 Å². The average molecular weight is 532 g/mol. The van der Waals surface area contributed by atoms with Crippen molar-refractivity contribution in [3.63, 3.8) is 0 Å². The SMILES string of the molecule is C1CCC2(C1)C[N-]CCC2CN1CCOCC1.C=O.NC1CC[N-]C(c2ccccc2)C1.[Y]. The third kappa shape index (κ3) is 8.75. The summed E-state index contributed by atoms with van der Waals surface area (Å²) in [5.74, 6) is 0.903. The first-order valence-corrected chi connectivity index (χ1v) is 12.4. The predicted molar refractivity (Wildman–Crippen MR) is 131 cm³/mol. The molecular formula is C26H42N4O2Y-2. The molecule has 0 bridgehead atoms. The van der Waals surface area contributed by atoms with Gasteiger partial charge in [0.05, 0.1) is 13.2 Å². The Morgan fingerprint density at radius 3 is 2.42 bits per heavy atom. The maximum Gasteiger partial charge on any atom is 0.106 e. The Kier molecular flexibility index (Phi) is 13.8. The van der Waals surface area contributed by atoms with E-state index in [2.05, 4.69) is 34.5 Å². The molecule has 1 aliphatic carbocycles. The van der Waals surface area contributed by atoms with Crippen LogP contribution in [0, 0.1) is 11.3 Å². The van der Waals surface area contributed by atoms with Crippen LogP contribution in [0.15, 0.2) is 30.3 Å². The van der Waals surface area contributed by atoms with Crippen LogP contribution in [0.3, 0.4) is 0 Å². The number of rotatable bonds is 3. The van der Waals surface area contributed by atoms with E-state index in [4.69, 9.17) is 20.6 Å². The molecule has 1 aromatic rings. The third-order valence-electron chi connectivity index (χ3n) is 7.67. The van der Waals surface area contributed by atoms with Crippen molar-refractivity contribution >= 4 is 6.79 Å². The Balaban J connectivity index is 0.000000218. The van der Waals surface area contributed by atoms with Gasteiger partial charge in [-0.2, -0.15) is 0 Å². The first kappa shape index (κ1) is 29.0. The first-order valence-electron chi connectivity index (χ1n) is 12.4. The summed E-state index contributed by atoms with van der Waals surface area (Å²) < 4.78 is 5.45.